The van der Waals surface area contributed by atoms with Crippen LogP contribution in [-0.2, 0) is 27.4 Å². The van der Waals surface area contributed by atoms with E-state index in [0.717, 1.165) is 38.4 Å². The van der Waals surface area contributed by atoms with Crippen LogP contribution in [0.5, 0.6) is 0 Å². The number of carbonyl (C=O) groups excluding carboxylic acids is 2. The van der Waals surface area contributed by atoms with E-state index in [1.54, 1.807) is 0 Å². The molecule has 2 rings (SSSR count). The molecule has 2 amide bonds. The van der Waals surface area contributed by atoms with Crippen LogP contribution in [-0.4, -0.2) is 49.6 Å². The third kappa shape index (κ3) is 7.97. The van der Waals surface area contributed by atoms with Crippen molar-refractivity contribution in [2.45, 2.75) is 40.3 Å². The van der Waals surface area contributed by atoms with Crippen LogP contribution in [0.4, 0.5) is 0 Å². The predicted octanol–water partition coefficient (Wildman–Crippen LogP) is 1.69. The first-order chi connectivity index (χ1) is 12.3. The largest absolute Gasteiger partial charge is 0.379 e. The number of morpholine rings is 1. The van der Waals surface area contributed by atoms with Crippen molar-refractivity contribution in [2.75, 3.05) is 32.8 Å². The Bertz CT molecular complexity index is 587. The number of hydrogen-bond acceptors (Lipinski definition) is 4. The zero-order valence-corrected chi connectivity index (χ0v) is 16.1. The first-order valence-electron chi connectivity index (χ1n) is 9.23. The van der Waals surface area contributed by atoms with Gasteiger partial charge in [0, 0.05) is 32.6 Å². The lowest BCUT2D eigenvalue weighted by Gasteiger charge is -2.26. The van der Waals surface area contributed by atoms with Gasteiger partial charge in [0.2, 0.25) is 11.8 Å². The average molecular weight is 361 g/mol. The predicted molar refractivity (Wildman–Crippen MR) is 101 cm³/mol. The Hall–Kier alpha value is -1.92. The van der Waals surface area contributed by atoms with Gasteiger partial charge in [0.15, 0.2) is 0 Å². The molecule has 1 aromatic carbocycles. The van der Waals surface area contributed by atoms with E-state index >= 15 is 0 Å². The van der Waals surface area contributed by atoms with E-state index in [4.69, 9.17) is 4.74 Å². The summed E-state index contributed by atoms with van der Waals surface area (Å²) in [5.41, 5.74) is 2.23. The molecule has 0 spiro atoms. The molecule has 1 heterocycles. The Morgan fingerprint density at radius 2 is 1.62 bits per heavy atom. The molecular weight excluding hydrogens is 330 g/mol. The van der Waals surface area contributed by atoms with E-state index < -0.39 is 0 Å². The summed E-state index contributed by atoms with van der Waals surface area (Å²) in [6.07, 6.45) is 0.408. The molecule has 0 bridgehead atoms. The summed E-state index contributed by atoms with van der Waals surface area (Å²) in [7, 11) is 0. The van der Waals surface area contributed by atoms with Crippen LogP contribution in [0.25, 0.3) is 0 Å². The average Bonchev–Trinajstić information content (AvgIpc) is 2.59. The van der Waals surface area contributed by atoms with Gasteiger partial charge in [-0.2, -0.15) is 0 Å². The molecule has 1 aromatic rings. The van der Waals surface area contributed by atoms with Gasteiger partial charge in [-0.15, -0.1) is 0 Å². The van der Waals surface area contributed by atoms with Gasteiger partial charge in [-0.1, -0.05) is 45.0 Å². The van der Waals surface area contributed by atoms with Crippen molar-refractivity contribution >= 4 is 11.8 Å². The quantitative estimate of drug-likeness (QED) is 0.775. The van der Waals surface area contributed by atoms with E-state index in [1.165, 1.54) is 5.56 Å². The normalized spacial score (nSPS) is 15.5. The third-order valence-electron chi connectivity index (χ3n) is 4.16. The molecule has 0 radical (unpaired) electrons. The van der Waals surface area contributed by atoms with Crippen LogP contribution in [0.2, 0.25) is 0 Å². The lowest BCUT2D eigenvalue weighted by Crippen LogP contribution is -2.37. The molecule has 2 N–H and O–H groups in total. The maximum Gasteiger partial charge on any atom is 0.239 e. The van der Waals surface area contributed by atoms with Gasteiger partial charge in [-0.25, -0.2) is 0 Å². The van der Waals surface area contributed by atoms with E-state index in [2.05, 4.69) is 27.7 Å². The molecule has 1 aliphatic rings. The molecule has 0 aliphatic carbocycles. The zero-order valence-electron chi connectivity index (χ0n) is 16.1. The van der Waals surface area contributed by atoms with Crippen molar-refractivity contribution in [3.05, 3.63) is 35.4 Å². The number of ether oxygens (including phenoxy) is 1. The Labute approximate surface area is 156 Å². The number of benzene rings is 1. The standard InChI is InChI=1S/C20H31N3O3/c1-20(2,3)12-18(24)22-14-19(25)21-13-16-4-6-17(7-5-16)15-23-8-10-26-11-9-23/h4-7H,8-15H2,1-3H3,(H,21,25)(H,22,24). The zero-order chi connectivity index (χ0) is 19.0. The molecule has 6 nitrogen and oxygen atoms in total. The lowest BCUT2D eigenvalue weighted by atomic mass is 9.92. The molecule has 1 aliphatic heterocycles. The number of carbonyl (C=O) groups is 2. The van der Waals surface area contributed by atoms with E-state index in [0.29, 0.717) is 13.0 Å². The van der Waals surface area contributed by atoms with Gasteiger partial charge >= 0.3 is 0 Å². The van der Waals surface area contributed by atoms with Crippen LogP contribution in [0.1, 0.15) is 38.3 Å². The van der Waals surface area contributed by atoms with Gasteiger partial charge in [-0.3, -0.25) is 14.5 Å². The number of amides is 2. The van der Waals surface area contributed by atoms with Crippen LogP contribution in [0, 0.1) is 5.41 Å². The molecule has 26 heavy (non-hydrogen) atoms. The monoisotopic (exact) mass is 361 g/mol. The van der Waals surface area contributed by atoms with Crippen LogP contribution in [0.3, 0.4) is 0 Å². The first-order valence-corrected chi connectivity index (χ1v) is 9.23. The number of hydrogen-bond donors (Lipinski definition) is 2. The highest BCUT2D eigenvalue weighted by Crippen LogP contribution is 2.17. The second kappa shape index (κ2) is 9.69. The second-order valence-electron chi connectivity index (χ2n) is 8.00. The Balaban J connectivity index is 1.68. The Morgan fingerprint density at radius 1 is 1.00 bits per heavy atom. The van der Waals surface area contributed by atoms with E-state index in [-0.39, 0.29) is 23.8 Å². The van der Waals surface area contributed by atoms with Crippen molar-refractivity contribution < 1.29 is 14.3 Å². The molecule has 0 atom stereocenters. The molecule has 1 fully saturated rings. The van der Waals surface area contributed by atoms with Gasteiger partial charge in [0.25, 0.3) is 0 Å². The number of nitrogens with one attached hydrogen (secondary N) is 2. The lowest BCUT2D eigenvalue weighted by molar-refractivity contribution is -0.127. The maximum absolute atomic E-state index is 11.9. The van der Waals surface area contributed by atoms with Gasteiger partial charge in [-0.05, 0) is 16.5 Å². The van der Waals surface area contributed by atoms with Crippen LogP contribution >= 0.6 is 0 Å². The van der Waals surface area contributed by atoms with Gasteiger partial charge < -0.3 is 15.4 Å². The summed E-state index contributed by atoms with van der Waals surface area (Å²) in [4.78, 5) is 26.0. The highest BCUT2D eigenvalue weighted by molar-refractivity contribution is 5.84. The summed E-state index contributed by atoms with van der Waals surface area (Å²) in [5.74, 6) is -0.273. The van der Waals surface area contributed by atoms with Crippen molar-refractivity contribution in [3.8, 4) is 0 Å². The first kappa shape index (κ1) is 20.4. The maximum atomic E-state index is 11.9. The fraction of sp³-hybridized carbons (Fsp3) is 0.600. The fourth-order valence-electron chi connectivity index (χ4n) is 2.77. The SMILES string of the molecule is CC(C)(C)CC(=O)NCC(=O)NCc1ccc(CN2CCOCC2)cc1. The molecular formula is C20H31N3O3. The van der Waals surface area contributed by atoms with Crippen molar-refractivity contribution in [1.29, 1.82) is 0 Å². The number of rotatable bonds is 7. The Morgan fingerprint density at radius 3 is 2.23 bits per heavy atom. The molecule has 6 heteroatoms. The molecule has 144 valence electrons. The van der Waals surface area contributed by atoms with Gasteiger partial charge in [0.05, 0.1) is 19.8 Å². The van der Waals surface area contributed by atoms with Crippen molar-refractivity contribution in [3.63, 3.8) is 0 Å². The van der Waals surface area contributed by atoms with E-state index in [1.807, 2.05) is 32.9 Å². The molecule has 0 aromatic heterocycles. The topological polar surface area (TPSA) is 70.7 Å². The summed E-state index contributed by atoms with van der Waals surface area (Å²) in [6, 6.07) is 8.27. The molecule has 1 saturated heterocycles. The fourth-order valence-corrected chi connectivity index (χ4v) is 2.77. The highest BCUT2D eigenvalue weighted by Gasteiger charge is 2.16. The van der Waals surface area contributed by atoms with Crippen LogP contribution < -0.4 is 10.6 Å². The van der Waals surface area contributed by atoms with Gasteiger partial charge in [0.1, 0.15) is 0 Å². The van der Waals surface area contributed by atoms with Crippen LogP contribution in [0.15, 0.2) is 24.3 Å². The minimum Gasteiger partial charge on any atom is -0.379 e. The summed E-state index contributed by atoms with van der Waals surface area (Å²) < 4.78 is 5.36. The second-order valence-corrected chi connectivity index (χ2v) is 8.00. The minimum atomic E-state index is -0.176. The summed E-state index contributed by atoms with van der Waals surface area (Å²) in [5, 5.41) is 5.50. The smallest absolute Gasteiger partial charge is 0.239 e. The Kier molecular flexibility index (Phi) is 7.60. The number of nitrogens with zero attached hydrogens (tertiary/aromatic N) is 1. The summed E-state index contributed by atoms with van der Waals surface area (Å²) in [6.45, 7) is 10.9. The minimum absolute atomic E-state index is 0.0179. The molecule has 0 saturated carbocycles. The summed E-state index contributed by atoms with van der Waals surface area (Å²) >= 11 is 0. The van der Waals surface area contributed by atoms with Crippen molar-refractivity contribution in [1.82, 2.24) is 15.5 Å². The third-order valence-corrected chi connectivity index (χ3v) is 4.16. The highest BCUT2D eigenvalue weighted by atomic mass is 16.5. The van der Waals surface area contributed by atoms with Crippen molar-refractivity contribution in [2.24, 2.45) is 5.41 Å². The van der Waals surface area contributed by atoms with E-state index in [9.17, 15) is 9.59 Å². The molecule has 0 unspecified atom stereocenters.